The zero-order chi connectivity index (χ0) is 43.7. The van der Waals surface area contributed by atoms with E-state index in [1.807, 2.05) is 12.2 Å². The van der Waals surface area contributed by atoms with Gasteiger partial charge < -0.3 is 14.2 Å². The molecule has 6 heteroatoms. The molecule has 0 heterocycles. The van der Waals surface area contributed by atoms with Crippen molar-refractivity contribution >= 4 is 17.9 Å². The van der Waals surface area contributed by atoms with Crippen LogP contribution in [-0.2, 0) is 28.6 Å². The van der Waals surface area contributed by atoms with Gasteiger partial charge in [-0.2, -0.15) is 0 Å². The smallest absolute Gasteiger partial charge is 0.306 e. The summed E-state index contributed by atoms with van der Waals surface area (Å²) in [5.41, 5.74) is 0. The van der Waals surface area contributed by atoms with Gasteiger partial charge in [0.2, 0.25) is 0 Å². The fourth-order valence-corrected chi connectivity index (χ4v) is 5.93. The van der Waals surface area contributed by atoms with Gasteiger partial charge in [-0.05, 0) is 96.3 Å². The molecule has 0 aliphatic rings. The van der Waals surface area contributed by atoms with Gasteiger partial charge in [-0.1, -0.05) is 188 Å². The Bertz CT molecular complexity index is 1280. The molecular formula is C54H86O6. The van der Waals surface area contributed by atoms with Gasteiger partial charge in [0.25, 0.3) is 0 Å². The highest BCUT2D eigenvalue weighted by molar-refractivity contribution is 5.71. The van der Waals surface area contributed by atoms with Crippen molar-refractivity contribution in [2.45, 2.75) is 200 Å². The van der Waals surface area contributed by atoms with Crippen LogP contribution in [0.3, 0.4) is 0 Å². The third-order valence-electron chi connectivity index (χ3n) is 9.55. The molecule has 0 aromatic heterocycles. The number of esters is 3. The van der Waals surface area contributed by atoms with Crippen LogP contribution >= 0.6 is 0 Å². The third-order valence-corrected chi connectivity index (χ3v) is 9.55. The molecule has 0 aliphatic heterocycles. The standard InChI is InChI=1S/C54H86O6/c1-4-7-10-13-16-19-22-24-26-28-29-32-35-38-41-44-47-53(56)59-50-51(49-58-52(55)46-43-40-37-34-31-21-18-15-12-9-6-3)60-54(57)48-45-42-39-36-33-30-27-25-23-20-17-14-11-8-5-2/h7,10,15-21,23-26,29,31-32,38,41,51H,4-6,8-9,11-14,22,27-28,30,33-37,39-40,42-50H2,1-3H3/b10-7-,18-15-,19-16-,20-17-,25-23-,26-24-,31-21-,32-29-,41-38-. The lowest BCUT2D eigenvalue weighted by Crippen LogP contribution is -2.30. The summed E-state index contributed by atoms with van der Waals surface area (Å²) in [6, 6.07) is 0. The zero-order valence-electron chi connectivity index (χ0n) is 38.4. The Balaban J connectivity index is 4.56. The monoisotopic (exact) mass is 831 g/mol. The average molecular weight is 831 g/mol. The number of rotatable bonds is 41. The summed E-state index contributed by atoms with van der Waals surface area (Å²) in [6.45, 7) is 6.31. The summed E-state index contributed by atoms with van der Waals surface area (Å²) in [5.74, 6) is -1.06. The van der Waals surface area contributed by atoms with Crippen LogP contribution in [0.1, 0.15) is 194 Å². The Kier molecular flexibility index (Phi) is 44.6. The quantitative estimate of drug-likeness (QED) is 0.0201. The number of hydrogen-bond acceptors (Lipinski definition) is 6. The van der Waals surface area contributed by atoms with E-state index in [4.69, 9.17) is 14.2 Å². The highest BCUT2D eigenvalue weighted by Gasteiger charge is 2.19. The molecule has 0 saturated carbocycles. The molecule has 0 N–H and O–H groups in total. The second-order valence-corrected chi connectivity index (χ2v) is 15.3. The fraction of sp³-hybridized carbons (Fsp3) is 0.611. The van der Waals surface area contributed by atoms with Gasteiger partial charge in [-0.15, -0.1) is 0 Å². The minimum absolute atomic E-state index is 0.122. The molecule has 0 aliphatic carbocycles. The molecule has 0 aromatic carbocycles. The van der Waals surface area contributed by atoms with Gasteiger partial charge >= 0.3 is 17.9 Å². The number of unbranched alkanes of at least 4 members (excludes halogenated alkanes) is 14. The second kappa shape index (κ2) is 47.7. The van der Waals surface area contributed by atoms with Gasteiger partial charge in [-0.3, -0.25) is 14.4 Å². The Morgan fingerprint density at radius 2 is 0.750 bits per heavy atom. The van der Waals surface area contributed by atoms with E-state index in [9.17, 15) is 14.4 Å². The average Bonchev–Trinajstić information content (AvgIpc) is 3.24. The maximum Gasteiger partial charge on any atom is 0.306 e. The molecule has 0 amide bonds. The van der Waals surface area contributed by atoms with Crippen molar-refractivity contribution in [3.63, 3.8) is 0 Å². The van der Waals surface area contributed by atoms with Crippen LogP contribution in [-0.4, -0.2) is 37.2 Å². The molecular weight excluding hydrogens is 745 g/mol. The normalized spacial score (nSPS) is 13.1. The van der Waals surface area contributed by atoms with E-state index in [-0.39, 0.29) is 37.5 Å². The highest BCUT2D eigenvalue weighted by Crippen LogP contribution is 2.12. The van der Waals surface area contributed by atoms with Gasteiger partial charge in [0.1, 0.15) is 13.2 Å². The van der Waals surface area contributed by atoms with Crippen LogP contribution in [0.25, 0.3) is 0 Å². The van der Waals surface area contributed by atoms with Crippen LogP contribution in [0.2, 0.25) is 0 Å². The largest absolute Gasteiger partial charge is 0.462 e. The Morgan fingerprint density at radius 1 is 0.367 bits per heavy atom. The number of carbonyl (C=O) groups is 3. The molecule has 0 saturated heterocycles. The highest BCUT2D eigenvalue weighted by atomic mass is 16.6. The summed E-state index contributed by atoms with van der Waals surface area (Å²) in [6.07, 6.45) is 63.7. The van der Waals surface area contributed by atoms with Crippen LogP contribution < -0.4 is 0 Å². The lowest BCUT2D eigenvalue weighted by Gasteiger charge is -2.18. The van der Waals surface area contributed by atoms with E-state index in [1.54, 1.807) is 0 Å². The van der Waals surface area contributed by atoms with E-state index in [2.05, 4.69) is 118 Å². The van der Waals surface area contributed by atoms with Crippen molar-refractivity contribution in [2.75, 3.05) is 13.2 Å². The van der Waals surface area contributed by atoms with Crippen molar-refractivity contribution in [2.24, 2.45) is 0 Å². The SMILES string of the molecule is CC/C=C\C/C=C\C/C=C\C/C=C\C/C=C\CCC(=O)OCC(COC(=O)CCCCC/C=C\C=C/CCCC)OC(=O)CCCCCCCC/C=C\C=C/CCCCC. The number of ether oxygens (including phenoxy) is 3. The Hall–Kier alpha value is -3.93. The fourth-order valence-electron chi connectivity index (χ4n) is 5.93. The lowest BCUT2D eigenvalue weighted by atomic mass is 10.1. The first-order chi connectivity index (χ1) is 29.5. The zero-order valence-corrected chi connectivity index (χ0v) is 38.4. The van der Waals surface area contributed by atoms with Crippen molar-refractivity contribution in [3.05, 3.63) is 109 Å². The molecule has 60 heavy (non-hydrogen) atoms. The molecule has 6 nitrogen and oxygen atoms in total. The minimum atomic E-state index is -0.825. The maximum absolute atomic E-state index is 12.8. The lowest BCUT2D eigenvalue weighted by molar-refractivity contribution is -0.166. The van der Waals surface area contributed by atoms with Gasteiger partial charge in [0.05, 0.1) is 0 Å². The van der Waals surface area contributed by atoms with Crippen molar-refractivity contribution in [3.8, 4) is 0 Å². The van der Waals surface area contributed by atoms with Gasteiger partial charge in [0.15, 0.2) is 6.10 Å². The molecule has 0 rings (SSSR count). The molecule has 0 aromatic rings. The van der Waals surface area contributed by atoms with E-state index >= 15 is 0 Å². The van der Waals surface area contributed by atoms with Gasteiger partial charge in [-0.25, -0.2) is 0 Å². The minimum Gasteiger partial charge on any atom is -0.462 e. The van der Waals surface area contributed by atoms with Gasteiger partial charge in [0, 0.05) is 19.3 Å². The summed E-state index contributed by atoms with van der Waals surface area (Å²) in [7, 11) is 0. The Labute approximate surface area is 368 Å². The number of allylic oxidation sites excluding steroid dienone is 18. The van der Waals surface area contributed by atoms with Crippen molar-refractivity contribution in [1.82, 2.24) is 0 Å². The number of carbonyl (C=O) groups excluding carboxylic acids is 3. The van der Waals surface area contributed by atoms with Crippen LogP contribution in [0, 0.1) is 0 Å². The Morgan fingerprint density at radius 3 is 1.25 bits per heavy atom. The molecule has 0 fully saturated rings. The summed E-state index contributed by atoms with van der Waals surface area (Å²) in [5, 5.41) is 0. The van der Waals surface area contributed by atoms with Crippen LogP contribution in [0.4, 0.5) is 0 Å². The van der Waals surface area contributed by atoms with Crippen molar-refractivity contribution in [1.29, 1.82) is 0 Å². The van der Waals surface area contributed by atoms with E-state index in [0.29, 0.717) is 19.3 Å². The molecule has 1 atom stereocenters. The molecule has 338 valence electrons. The number of hydrogen-bond donors (Lipinski definition) is 0. The predicted octanol–water partition coefficient (Wildman–Crippen LogP) is 15.6. The first-order valence-electron chi connectivity index (χ1n) is 23.9. The second-order valence-electron chi connectivity index (χ2n) is 15.3. The van der Waals surface area contributed by atoms with Crippen LogP contribution in [0.5, 0.6) is 0 Å². The van der Waals surface area contributed by atoms with E-state index in [0.717, 1.165) is 103 Å². The van der Waals surface area contributed by atoms with E-state index in [1.165, 1.54) is 44.9 Å². The molecule has 0 spiro atoms. The summed E-state index contributed by atoms with van der Waals surface area (Å²) < 4.78 is 16.6. The molecule has 0 bridgehead atoms. The van der Waals surface area contributed by atoms with Crippen LogP contribution in [0.15, 0.2) is 109 Å². The molecule has 1 unspecified atom stereocenters. The summed E-state index contributed by atoms with van der Waals surface area (Å²) >= 11 is 0. The maximum atomic E-state index is 12.8. The topological polar surface area (TPSA) is 78.9 Å². The summed E-state index contributed by atoms with van der Waals surface area (Å²) in [4.78, 5) is 37.8. The first kappa shape index (κ1) is 56.1. The first-order valence-corrected chi connectivity index (χ1v) is 23.9. The van der Waals surface area contributed by atoms with E-state index < -0.39 is 6.10 Å². The van der Waals surface area contributed by atoms with Crippen molar-refractivity contribution < 1.29 is 28.6 Å². The predicted molar refractivity (Wildman–Crippen MR) is 256 cm³/mol. The third kappa shape index (κ3) is 45.2. The molecule has 0 radical (unpaired) electrons.